The van der Waals surface area contributed by atoms with Gasteiger partial charge < -0.3 is 0 Å². The zero-order chi connectivity index (χ0) is 5.21. The molecule has 0 saturated heterocycles. The second kappa shape index (κ2) is 2.03. The van der Waals surface area contributed by atoms with E-state index in [1.165, 1.54) is 0 Å². The van der Waals surface area contributed by atoms with Gasteiger partial charge in [-0.1, -0.05) is 0 Å². The van der Waals surface area contributed by atoms with Gasteiger partial charge in [-0.05, 0) is 0 Å². The monoisotopic (exact) mass is 166 g/mol. The summed E-state index contributed by atoms with van der Waals surface area (Å²) in [5.41, 5.74) is 0. The molecule has 0 aliphatic heterocycles. The zero-order valence-corrected chi connectivity index (χ0v) is 7.02. The Bertz CT molecular complexity index is 53.1. The van der Waals surface area contributed by atoms with Gasteiger partial charge in [-0.3, -0.25) is 0 Å². The van der Waals surface area contributed by atoms with Gasteiger partial charge in [-0.25, -0.2) is 0 Å². The van der Waals surface area contributed by atoms with Crippen LogP contribution in [0.25, 0.3) is 0 Å². The van der Waals surface area contributed by atoms with E-state index in [1.54, 1.807) is 0 Å². The van der Waals surface area contributed by atoms with E-state index in [2.05, 4.69) is 18.1 Å². The third kappa shape index (κ3) is 4.57. The summed E-state index contributed by atoms with van der Waals surface area (Å²) < 4.78 is 0. The van der Waals surface area contributed by atoms with Crippen molar-refractivity contribution in [1.82, 2.24) is 0 Å². The van der Waals surface area contributed by atoms with Crippen molar-refractivity contribution in [2.75, 3.05) is 0 Å². The molecule has 0 saturated carbocycles. The molecule has 0 aromatic heterocycles. The van der Waals surface area contributed by atoms with Gasteiger partial charge in [0.1, 0.15) is 0 Å². The molecule has 0 spiro atoms. The minimum absolute atomic E-state index is 1.81. The predicted molar refractivity (Wildman–Crippen MR) is 33.5 cm³/mol. The maximum atomic E-state index is 5.79. The number of hydrogen-bond acceptors (Lipinski definition) is 0. The maximum absolute atomic E-state index is 5.79. The third-order valence-corrected chi connectivity index (χ3v) is 3.32. The molecule has 0 aromatic rings. The molecule has 0 heterocycles. The van der Waals surface area contributed by atoms with E-state index in [9.17, 15) is 0 Å². The molecule has 0 fully saturated rings. The van der Waals surface area contributed by atoms with E-state index < -0.39 is 12.3 Å². The van der Waals surface area contributed by atoms with Crippen molar-refractivity contribution in [2.24, 2.45) is 0 Å². The molecule has 0 aliphatic carbocycles. The molecular weight excluding hydrogens is 156 g/mol. The van der Waals surface area contributed by atoms with Crippen LogP contribution in [0.5, 0.6) is 0 Å². The first-order valence-corrected chi connectivity index (χ1v) is 10.1. The molecule has 0 amide bonds. The standard InChI is InChI=1S/C4H9ClGe/c1-4-6(2,3)5/h4H,1H2,2-3H3. The Morgan fingerprint density at radius 3 is 1.83 bits per heavy atom. The van der Waals surface area contributed by atoms with Crippen molar-refractivity contribution in [3.8, 4) is 0 Å². The molecule has 0 aliphatic rings. The first-order valence-electron chi connectivity index (χ1n) is 1.89. The summed E-state index contributed by atoms with van der Waals surface area (Å²) in [6, 6.07) is 0. The molecule has 0 aromatic carbocycles. The molecular formula is C4H9ClGe. The molecule has 6 heavy (non-hydrogen) atoms. The van der Waals surface area contributed by atoms with Crippen molar-refractivity contribution >= 4 is 22.3 Å². The van der Waals surface area contributed by atoms with Crippen molar-refractivity contribution in [1.29, 1.82) is 0 Å². The van der Waals surface area contributed by atoms with Crippen molar-refractivity contribution in [2.45, 2.75) is 11.5 Å². The van der Waals surface area contributed by atoms with Crippen LogP contribution in [0.15, 0.2) is 11.5 Å². The summed E-state index contributed by atoms with van der Waals surface area (Å²) in [5, 5.41) is 0. The zero-order valence-electron chi connectivity index (χ0n) is 4.16. The van der Waals surface area contributed by atoms with E-state index in [0.717, 1.165) is 0 Å². The molecule has 36 valence electrons. The van der Waals surface area contributed by atoms with Crippen molar-refractivity contribution in [3.05, 3.63) is 11.5 Å². The van der Waals surface area contributed by atoms with E-state index in [-0.39, 0.29) is 0 Å². The van der Waals surface area contributed by atoms with Crippen LogP contribution in [0, 0.1) is 0 Å². The Kier molecular flexibility index (Phi) is 2.23. The van der Waals surface area contributed by atoms with Crippen LogP contribution in [0.3, 0.4) is 0 Å². The summed E-state index contributed by atoms with van der Waals surface area (Å²) in [6.45, 7) is 3.58. The summed E-state index contributed by atoms with van der Waals surface area (Å²) in [6.07, 6.45) is 0. The summed E-state index contributed by atoms with van der Waals surface area (Å²) in [4.78, 5) is 1.89. The van der Waals surface area contributed by atoms with Gasteiger partial charge in [0.05, 0.1) is 0 Å². The Morgan fingerprint density at radius 1 is 1.67 bits per heavy atom. The van der Waals surface area contributed by atoms with Crippen LogP contribution < -0.4 is 0 Å². The van der Waals surface area contributed by atoms with Gasteiger partial charge in [0.2, 0.25) is 0 Å². The van der Waals surface area contributed by atoms with Crippen LogP contribution in [-0.2, 0) is 0 Å². The van der Waals surface area contributed by atoms with Gasteiger partial charge >= 0.3 is 45.3 Å². The molecule has 0 atom stereocenters. The third-order valence-electron chi connectivity index (χ3n) is 0.485. The topological polar surface area (TPSA) is 0 Å². The first kappa shape index (κ1) is 6.57. The molecule has 2 heteroatoms. The molecule has 0 radical (unpaired) electrons. The van der Waals surface area contributed by atoms with Gasteiger partial charge in [0, 0.05) is 0 Å². The summed E-state index contributed by atoms with van der Waals surface area (Å²) >= 11 is -1.81. The van der Waals surface area contributed by atoms with Gasteiger partial charge in [-0.2, -0.15) is 0 Å². The number of halogens is 1. The Balaban J connectivity index is 3.45. The van der Waals surface area contributed by atoms with E-state index >= 15 is 0 Å². The van der Waals surface area contributed by atoms with E-state index in [0.29, 0.717) is 0 Å². The van der Waals surface area contributed by atoms with Crippen LogP contribution in [0.1, 0.15) is 0 Å². The van der Waals surface area contributed by atoms with Crippen molar-refractivity contribution in [3.63, 3.8) is 0 Å². The van der Waals surface area contributed by atoms with Crippen LogP contribution >= 0.6 is 10.0 Å². The number of rotatable bonds is 1. The first-order chi connectivity index (χ1) is 2.56. The minimum atomic E-state index is -1.81. The van der Waals surface area contributed by atoms with Crippen LogP contribution in [-0.4, -0.2) is 12.3 Å². The molecule has 0 N–H and O–H groups in total. The van der Waals surface area contributed by atoms with Crippen molar-refractivity contribution < 1.29 is 0 Å². The number of hydrogen-bond donors (Lipinski definition) is 0. The second-order valence-electron chi connectivity index (χ2n) is 1.77. The SMILES string of the molecule is C=[CH][Ge]([CH3])([CH3])[Cl]. The summed E-state index contributed by atoms with van der Waals surface area (Å²) in [7, 11) is 5.79. The Hall–Kier alpha value is 0.573. The summed E-state index contributed by atoms with van der Waals surface area (Å²) in [5.74, 6) is 4.16. The Morgan fingerprint density at radius 2 is 1.83 bits per heavy atom. The normalized spacial score (nSPS) is 11.2. The molecule has 0 unspecified atom stereocenters. The van der Waals surface area contributed by atoms with E-state index in [4.69, 9.17) is 10.0 Å². The fraction of sp³-hybridized carbons (Fsp3) is 0.500. The second-order valence-corrected chi connectivity index (χ2v) is 14.3. The van der Waals surface area contributed by atoms with Gasteiger partial charge in [0.15, 0.2) is 0 Å². The molecule has 0 rings (SSSR count). The van der Waals surface area contributed by atoms with Crippen LogP contribution in [0.2, 0.25) is 11.5 Å². The fourth-order valence-corrected chi connectivity index (χ4v) is 0. The van der Waals surface area contributed by atoms with E-state index in [1.807, 2.05) is 4.91 Å². The van der Waals surface area contributed by atoms with Crippen LogP contribution in [0.4, 0.5) is 0 Å². The molecule has 0 bridgehead atoms. The van der Waals surface area contributed by atoms with Gasteiger partial charge in [-0.15, -0.1) is 0 Å². The predicted octanol–water partition coefficient (Wildman–Crippen LogP) is 2.16. The molecule has 0 nitrogen and oxygen atoms in total. The fourth-order valence-electron chi connectivity index (χ4n) is 0. The average Bonchev–Trinajstić information content (AvgIpc) is 1.35. The quantitative estimate of drug-likeness (QED) is 0.522. The van der Waals surface area contributed by atoms with Gasteiger partial charge in [0.25, 0.3) is 0 Å². The Labute approximate surface area is 45.7 Å². The average molecular weight is 165 g/mol.